The molecule has 30 heavy (non-hydrogen) atoms. The van der Waals surface area contributed by atoms with E-state index in [2.05, 4.69) is 20.6 Å². The number of nitrogens with one attached hydrogen (secondary N) is 1. The smallest absolute Gasteiger partial charge is 0.262 e. The lowest BCUT2D eigenvalue weighted by Crippen LogP contribution is -2.20. The summed E-state index contributed by atoms with van der Waals surface area (Å²) in [6.07, 6.45) is 1.67. The van der Waals surface area contributed by atoms with E-state index in [1.54, 1.807) is 54.4 Å². The quantitative estimate of drug-likeness (QED) is 0.574. The molecule has 0 saturated heterocycles. The number of rotatable bonds is 8. The number of benzene rings is 2. The van der Waals surface area contributed by atoms with Gasteiger partial charge in [-0.15, -0.1) is 10.2 Å². The lowest BCUT2D eigenvalue weighted by atomic mass is 10.2. The largest absolute Gasteiger partial charge is 0.497 e. The van der Waals surface area contributed by atoms with E-state index < -0.39 is 0 Å². The number of methoxy groups -OCH3 is 2. The Hall–Kier alpha value is -3.88. The zero-order chi connectivity index (χ0) is 21.5. The Balaban J connectivity index is 1.62. The van der Waals surface area contributed by atoms with Crippen LogP contribution in [0.3, 0.4) is 0 Å². The van der Waals surface area contributed by atoms with Gasteiger partial charge in [0.1, 0.15) is 5.75 Å². The Morgan fingerprint density at radius 3 is 2.37 bits per heavy atom. The van der Waals surface area contributed by atoms with Crippen LogP contribution in [0, 0.1) is 13.8 Å². The molecule has 0 radical (unpaired) electrons. The predicted molar refractivity (Wildman–Crippen MR) is 113 cm³/mol. The lowest BCUT2D eigenvalue weighted by Gasteiger charge is -2.11. The van der Waals surface area contributed by atoms with Crippen molar-refractivity contribution in [2.75, 3.05) is 26.1 Å². The Kier molecular flexibility index (Phi) is 6.63. The predicted octanol–water partition coefficient (Wildman–Crippen LogP) is 2.81. The van der Waals surface area contributed by atoms with Crippen LogP contribution in [0.4, 0.5) is 5.69 Å². The van der Waals surface area contributed by atoms with Crippen LogP contribution < -0.4 is 19.5 Å². The van der Waals surface area contributed by atoms with E-state index in [-0.39, 0.29) is 12.5 Å². The molecule has 2 aromatic carbocycles. The second kappa shape index (κ2) is 9.55. The molecule has 0 fully saturated rings. The minimum absolute atomic E-state index is 0.158. The maximum atomic E-state index is 12.2. The molecule has 1 amide bonds. The molecule has 156 valence electrons. The van der Waals surface area contributed by atoms with Gasteiger partial charge in [-0.25, -0.2) is 4.68 Å². The van der Waals surface area contributed by atoms with E-state index >= 15 is 0 Å². The summed E-state index contributed by atoms with van der Waals surface area (Å²) in [5.41, 5.74) is 1.46. The van der Waals surface area contributed by atoms with Gasteiger partial charge >= 0.3 is 0 Å². The summed E-state index contributed by atoms with van der Waals surface area (Å²) in [6, 6.07) is 12.4. The summed E-state index contributed by atoms with van der Waals surface area (Å²) in [5.74, 6) is 2.76. The number of aromatic nitrogens is 3. The normalized spacial score (nSPS) is 10.8. The number of nitrogens with zero attached hydrogens (tertiary/aromatic N) is 4. The molecule has 1 N–H and O–H groups in total. The van der Waals surface area contributed by atoms with Gasteiger partial charge in [-0.1, -0.05) is 0 Å². The van der Waals surface area contributed by atoms with Crippen LogP contribution in [-0.2, 0) is 4.79 Å². The second-order valence-electron chi connectivity index (χ2n) is 6.33. The average molecular weight is 409 g/mol. The van der Waals surface area contributed by atoms with Crippen molar-refractivity contribution in [1.29, 1.82) is 0 Å². The molecule has 1 heterocycles. The van der Waals surface area contributed by atoms with Gasteiger partial charge in [-0.05, 0) is 61.9 Å². The highest BCUT2D eigenvalue weighted by atomic mass is 16.5. The topological polar surface area (TPSA) is 99.9 Å². The van der Waals surface area contributed by atoms with Crippen molar-refractivity contribution in [2.24, 2.45) is 5.10 Å². The Bertz CT molecular complexity index is 1020. The average Bonchev–Trinajstić information content (AvgIpc) is 3.08. The molecule has 9 nitrogen and oxygen atoms in total. The maximum Gasteiger partial charge on any atom is 0.262 e. The van der Waals surface area contributed by atoms with Crippen LogP contribution in [0.5, 0.6) is 17.2 Å². The van der Waals surface area contributed by atoms with E-state index in [1.807, 2.05) is 19.9 Å². The number of hydrogen-bond acceptors (Lipinski definition) is 7. The molecule has 0 saturated carbocycles. The van der Waals surface area contributed by atoms with Gasteiger partial charge in [0, 0.05) is 5.69 Å². The molecule has 0 aliphatic heterocycles. The van der Waals surface area contributed by atoms with Crippen LogP contribution in [0.25, 0.3) is 0 Å². The van der Waals surface area contributed by atoms with Crippen molar-refractivity contribution in [1.82, 2.24) is 14.9 Å². The third-order valence-electron chi connectivity index (χ3n) is 4.19. The summed E-state index contributed by atoms with van der Waals surface area (Å²) >= 11 is 0. The summed E-state index contributed by atoms with van der Waals surface area (Å²) in [7, 11) is 3.12. The van der Waals surface area contributed by atoms with Crippen LogP contribution in [-0.4, -0.2) is 47.8 Å². The van der Waals surface area contributed by atoms with Gasteiger partial charge in [0.05, 0.1) is 20.4 Å². The summed E-state index contributed by atoms with van der Waals surface area (Å²) in [4.78, 5) is 12.2. The third-order valence-corrected chi connectivity index (χ3v) is 4.19. The van der Waals surface area contributed by atoms with Crippen molar-refractivity contribution in [3.8, 4) is 17.2 Å². The number of carbonyl (C=O) groups excluding carboxylic acids is 1. The van der Waals surface area contributed by atoms with E-state index in [4.69, 9.17) is 14.2 Å². The van der Waals surface area contributed by atoms with Gasteiger partial charge in [0.15, 0.2) is 29.8 Å². The monoisotopic (exact) mass is 409 g/mol. The lowest BCUT2D eigenvalue weighted by molar-refractivity contribution is -0.118. The van der Waals surface area contributed by atoms with Gasteiger partial charge in [-0.3, -0.25) is 4.79 Å². The summed E-state index contributed by atoms with van der Waals surface area (Å²) < 4.78 is 17.7. The van der Waals surface area contributed by atoms with Crippen LogP contribution in [0.2, 0.25) is 0 Å². The maximum absolute atomic E-state index is 12.2. The minimum Gasteiger partial charge on any atom is -0.497 e. The Labute approximate surface area is 174 Å². The highest BCUT2D eigenvalue weighted by Gasteiger charge is 2.09. The first kappa shape index (κ1) is 20.8. The Morgan fingerprint density at radius 2 is 1.73 bits per heavy atom. The van der Waals surface area contributed by atoms with Crippen LogP contribution in [0.15, 0.2) is 47.6 Å². The van der Waals surface area contributed by atoms with E-state index in [9.17, 15) is 4.79 Å². The Morgan fingerprint density at radius 1 is 1.03 bits per heavy atom. The van der Waals surface area contributed by atoms with Gasteiger partial charge in [0.2, 0.25) is 0 Å². The molecule has 0 unspecified atom stereocenters. The van der Waals surface area contributed by atoms with E-state index in [1.165, 1.54) is 7.11 Å². The second-order valence-corrected chi connectivity index (χ2v) is 6.33. The van der Waals surface area contributed by atoms with Crippen molar-refractivity contribution in [2.45, 2.75) is 13.8 Å². The fraction of sp³-hybridized carbons (Fsp3) is 0.238. The van der Waals surface area contributed by atoms with E-state index in [0.717, 1.165) is 5.56 Å². The molecule has 0 aliphatic rings. The van der Waals surface area contributed by atoms with Crippen molar-refractivity contribution in [3.63, 3.8) is 0 Å². The highest BCUT2D eigenvalue weighted by Crippen LogP contribution is 2.27. The fourth-order valence-corrected chi connectivity index (χ4v) is 2.65. The molecule has 3 aromatic rings. The van der Waals surface area contributed by atoms with Gasteiger partial charge in [-0.2, -0.15) is 5.10 Å². The standard InChI is InChI=1S/C21H23N5O4/c1-14-24-25-15(2)26(14)22-12-16-5-10-19(20(11-16)29-4)30-13-21(27)23-17-6-8-18(28-3)9-7-17/h5-12H,13H2,1-4H3,(H,23,27). The zero-order valence-electron chi connectivity index (χ0n) is 17.2. The number of carbonyl (C=O) groups is 1. The summed E-state index contributed by atoms with van der Waals surface area (Å²) in [6.45, 7) is 3.49. The van der Waals surface area contributed by atoms with E-state index in [0.29, 0.717) is 34.6 Å². The number of hydrogen-bond donors (Lipinski definition) is 1. The van der Waals surface area contributed by atoms with Gasteiger partial charge in [0.25, 0.3) is 5.91 Å². The van der Waals surface area contributed by atoms with Crippen molar-refractivity contribution < 1.29 is 19.0 Å². The first-order valence-corrected chi connectivity index (χ1v) is 9.18. The number of aryl methyl sites for hydroxylation is 2. The zero-order valence-corrected chi connectivity index (χ0v) is 17.2. The molecule has 3 rings (SSSR count). The fourth-order valence-electron chi connectivity index (χ4n) is 2.65. The van der Waals surface area contributed by atoms with Crippen LogP contribution in [0.1, 0.15) is 17.2 Å². The minimum atomic E-state index is -0.286. The molecular weight excluding hydrogens is 386 g/mol. The highest BCUT2D eigenvalue weighted by molar-refractivity contribution is 5.92. The van der Waals surface area contributed by atoms with Crippen LogP contribution >= 0.6 is 0 Å². The molecule has 9 heteroatoms. The molecule has 0 spiro atoms. The molecular formula is C21H23N5O4. The first-order chi connectivity index (χ1) is 14.5. The molecule has 0 aliphatic carbocycles. The SMILES string of the molecule is COc1ccc(NC(=O)COc2ccc(C=Nn3c(C)nnc3C)cc2OC)cc1. The third kappa shape index (κ3) is 5.13. The van der Waals surface area contributed by atoms with Crippen molar-refractivity contribution >= 4 is 17.8 Å². The number of ether oxygens (including phenoxy) is 3. The van der Waals surface area contributed by atoms with Crippen molar-refractivity contribution in [3.05, 3.63) is 59.7 Å². The first-order valence-electron chi connectivity index (χ1n) is 9.18. The molecule has 1 aromatic heterocycles. The summed E-state index contributed by atoms with van der Waals surface area (Å²) in [5, 5.41) is 15.1. The molecule has 0 bridgehead atoms. The number of anilines is 1. The van der Waals surface area contributed by atoms with Gasteiger partial charge < -0.3 is 19.5 Å². The molecule has 0 atom stereocenters. The number of amides is 1.